The second-order valence-electron chi connectivity index (χ2n) is 7.45. The van der Waals surface area contributed by atoms with Gasteiger partial charge in [0, 0.05) is 29.1 Å². The SMILES string of the molecule is N#CC1(C#N)C(c2cc([N+](=O)[O-])ccc2Cl)OC23CCCCC2C1(C#N)C(=N)O3. The fourth-order valence-corrected chi connectivity index (χ4v) is 5.20. The zero-order valence-corrected chi connectivity index (χ0v) is 15.8. The van der Waals surface area contributed by atoms with Gasteiger partial charge in [0.05, 0.1) is 29.0 Å². The van der Waals surface area contributed by atoms with Crippen molar-refractivity contribution in [2.75, 3.05) is 0 Å². The van der Waals surface area contributed by atoms with Crippen molar-refractivity contribution in [3.8, 4) is 18.2 Å². The van der Waals surface area contributed by atoms with Crippen molar-refractivity contribution in [3.63, 3.8) is 0 Å². The molecule has 10 heteroatoms. The fraction of sp³-hybridized carbons (Fsp3) is 0.474. The fourth-order valence-electron chi connectivity index (χ4n) is 4.99. The van der Waals surface area contributed by atoms with E-state index >= 15 is 0 Å². The van der Waals surface area contributed by atoms with Gasteiger partial charge in [-0.1, -0.05) is 18.0 Å². The molecule has 1 saturated carbocycles. The molecular formula is C19H14ClN5O4. The van der Waals surface area contributed by atoms with Crippen LogP contribution in [0.3, 0.4) is 0 Å². The molecular weight excluding hydrogens is 398 g/mol. The maximum atomic E-state index is 11.3. The Balaban J connectivity index is 2.02. The van der Waals surface area contributed by atoms with Gasteiger partial charge in [-0.25, -0.2) is 0 Å². The summed E-state index contributed by atoms with van der Waals surface area (Å²) in [5.41, 5.74) is -4.28. The third-order valence-corrected chi connectivity index (χ3v) is 6.63. The molecule has 2 heterocycles. The molecule has 1 aliphatic carbocycles. The third-order valence-electron chi connectivity index (χ3n) is 6.29. The molecule has 0 aromatic heterocycles. The summed E-state index contributed by atoms with van der Waals surface area (Å²) in [4.78, 5) is 10.6. The lowest BCUT2D eigenvalue weighted by molar-refractivity contribution is -0.385. The van der Waals surface area contributed by atoms with E-state index in [0.29, 0.717) is 19.3 Å². The number of nitrogens with zero attached hydrogens (tertiary/aromatic N) is 4. The number of nitro groups is 1. The van der Waals surface area contributed by atoms with Crippen LogP contribution in [-0.2, 0) is 9.47 Å². The number of rotatable bonds is 2. The number of nitrogens with one attached hydrogen (secondary N) is 1. The van der Waals surface area contributed by atoms with Crippen LogP contribution in [0.25, 0.3) is 0 Å². The second-order valence-corrected chi connectivity index (χ2v) is 7.86. The Morgan fingerprint density at radius 3 is 2.59 bits per heavy atom. The number of nitriles is 3. The van der Waals surface area contributed by atoms with Crippen LogP contribution in [0.2, 0.25) is 5.02 Å². The number of benzene rings is 1. The molecule has 3 fully saturated rings. The Morgan fingerprint density at radius 1 is 1.24 bits per heavy atom. The quantitative estimate of drug-likeness (QED) is 0.573. The molecule has 0 radical (unpaired) electrons. The minimum absolute atomic E-state index is 0.0466. The Kier molecular flexibility index (Phi) is 4.06. The normalized spacial score (nSPS) is 34.1. The lowest BCUT2D eigenvalue weighted by Crippen LogP contribution is -2.60. The summed E-state index contributed by atoms with van der Waals surface area (Å²) >= 11 is 6.29. The first kappa shape index (κ1) is 19.1. The summed E-state index contributed by atoms with van der Waals surface area (Å²) in [6.45, 7) is 0. The third kappa shape index (κ3) is 2.13. The lowest BCUT2D eigenvalue weighted by Gasteiger charge is -2.51. The number of ether oxygens (including phenoxy) is 2. The van der Waals surface area contributed by atoms with Gasteiger partial charge in [-0.05, 0) is 18.9 Å². The van der Waals surface area contributed by atoms with Crippen LogP contribution >= 0.6 is 11.6 Å². The Hall–Kier alpha value is -3.19. The van der Waals surface area contributed by atoms with Gasteiger partial charge in [0.2, 0.25) is 17.1 Å². The maximum Gasteiger partial charge on any atom is 0.269 e. The molecule has 146 valence electrons. The van der Waals surface area contributed by atoms with E-state index in [0.717, 1.165) is 12.5 Å². The first-order valence-electron chi connectivity index (χ1n) is 8.95. The van der Waals surface area contributed by atoms with Crippen molar-refractivity contribution in [2.45, 2.75) is 37.6 Å². The van der Waals surface area contributed by atoms with Crippen LogP contribution in [-0.4, -0.2) is 16.6 Å². The summed E-state index contributed by atoms with van der Waals surface area (Å²) in [6.07, 6.45) is 0.884. The summed E-state index contributed by atoms with van der Waals surface area (Å²) in [5.74, 6) is -2.49. The van der Waals surface area contributed by atoms with E-state index in [2.05, 4.69) is 6.07 Å². The molecule has 9 nitrogen and oxygen atoms in total. The summed E-state index contributed by atoms with van der Waals surface area (Å²) < 4.78 is 12.0. The lowest BCUT2D eigenvalue weighted by atomic mass is 9.51. The van der Waals surface area contributed by atoms with Crippen molar-refractivity contribution in [1.82, 2.24) is 0 Å². The highest BCUT2D eigenvalue weighted by molar-refractivity contribution is 6.31. The molecule has 2 saturated heterocycles. The molecule has 0 amide bonds. The molecule has 1 N–H and O–H groups in total. The van der Waals surface area contributed by atoms with E-state index in [1.54, 1.807) is 0 Å². The summed E-state index contributed by atoms with van der Waals surface area (Å²) in [7, 11) is 0. The molecule has 3 aliphatic rings. The molecule has 4 rings (SSSR count). The van der Waals surface area contributed by atoms with E-state index < -0.39 is 39.5 Å². The second kappa shape index (κ2) is 6.15. The zero-order chi connectivity index (χ0) is 21.0. The average Bonchev–Trinajstić information content (AvgIpc) is 2.93. The van der Waals surface area contributed by atoms with Crippen LogP contribution in [0.1, 0.15) is 37.4 Å². The van der Waals surface area contributed by atoms with Crippen molar-refractivity contribution in [3.05, 3.63) is 38.9 Å². The van der Waals surface area contributed by atoms with Gasteiger partial charge in [0.15, 0.2) is 5.41 Å². The molecule has 2 bridgehead atoms. The number of nitro benzene ring substituents is 1. The highest BCUT2D eigenvalue weighted by Crippen LogP contribution is 2.69. The van der Waals surface area contributed by atoms with E-state index in [-0.39, 0.29) is 16.3 Å². The summed E-state index contributed by atoms with van der Waals surface area (Å²) in [6, 6.07) is 9.51. The Labute approximate surface area is 170 Å². The van der Waals surface area contributed by atoms with Gasteiger partial charge in [-0.2, -0.15) is 15.8 Å². The van der Waals surface area contributed by atoms with E-state index in [9.17, 15) is 25.9 Å². The van der Waals surface area contributed by atoms with E-state index in [1.165, 1.54) is 12.1 Å². The number of non-ortho nitro benzene ring substituents is 1. The smallest absolute Gasteiger partial charge is 0.269 e. The van der Waals surface area contributed by atoms with Crippen LogP contribution in [0, 0.1) is 66.3 Å². The minimum atomic E-state index is -2.17. The van der Waals surface area contributed by atoms with Gasteiger partial charge in [0.25, 0.3) is 5.69 Å². The van der Waals surface area contributed by atoms with Crippen LogP contribution in [0.5, 0.6) is 0 Å². The number of hydrogen-bond donors (Lipinski definition) is 1. The van der Waals surface area contributed by atoms with Crippen molar-refractivity contribution in [1.29, 1.82) is 21.2 Å². The minimum Gasteiger partial charge on any atom is -0.447 e. The molecule has 1 aromatic rings. The standard InChI is InChI=1S/C19H14ClN5O4/c20-13-5-4-11(25(26)27)7-12(13)15-17(8-21,9-22)18(10-23)14-3-1-2-6-19(14,28-15)29-16(18)24/h4-5,7,14-15,24H,1-3,6H2. The number of halogens is 1. The van der Waals surface area contributed by atoms with Gasteiger partial charge in [-0.3, -0.25) is 15.5 Å². The molecule has 1 aromatic carbocycles. The molecule has 29 heavy (non-hydrogen) atoms. The Morgan fingerprint density at radius 2 is 1.97 bits per heavy atom. The van der Waals surface area contributed by atoms with Crippen molar-refractivity contribution in [2.24, 2.45) is 16.7 Å². The van der Waals surface area contributed by atoms with E-state index in [4.69, 9.17) is 26.5 Å². The van der Waals surface area contributed by atoms with Crippen molar-refractivity contribution >= 4 is 23.2 Å². The largest absolute Gasteiger partial charge is 0.447 e. The van der Waals surface area contributed by atoms with Crippen LogP contribution in [0.4, 0.5) is 5.69 Å². The monoisotopic (exact) mass is 411 g/mol. The zero-order valence-electron chi connectivity index (χ0n) is 15.0. The van der Waals surface area contributed by atoms with Gasteiger partial charge in [0.1, 0.15) is 6.10 Å². The first-order chi connectivity index (χ1) is 13.8. The predicted octanol–water partition coefficient (Wildman–Crippen LogP) is 3.76. The van der Waals surface area contributed by atoms with Gasteiger partial charge < -0.3 is 9.47 Å². The van der Waals surface area contributed by atoms with Crippen molar-refractivity contribution < 1.29 is 14.4 Å². The van der Waals surface area contributed by atoms with Crippen LogP contribution < -0.4 is 0 Å². The molecule has 4 unspecified atom stereocenters. The molecule has 0 spiro atoms. The van der Waals surface area contributed by atoms with Gasteiger partial charge in [-0.15, -0.1) is 0 Å². The first-order valence-corrected chi connectivity index (χ1v) is 9.33. The van der Waals surface area contributed by atoms with Gasteiger partial charge >= 0.3 is 0 Å². The topological polar surface area (TPSA) is 157 Å². The van der Waals surface area contributed by atoms with Crippen LogP contribution in [0.15, 0.2) is 18.2 Å². The average molecular weight is 412 g/mol. The summed E-state index contributed by atoms with van der Waals surface area (Å²) in [5, 5.41) is 50.2. The maximum absolute atomic E-state index is 11.3. The molecule has 4 atom stereocenters. The highest BCUT2D eigenvalue weighted by atomic mass is 35.5. The van der Waals surface area contributed by atoms with E-state index in [1.807, 2.05) is 12.1 Å². The molecule has 2 aliphatic heterocycles. The Bertz CT molecular complexity index is 1060. The highest BCUT2D eigenvalue weighted by Gasteiger charge is 2.80. The predicted molar refractivity (Wildman–Crippen MR) is 97.1 cm³/mol. The number of hydrogen-bond acceptors (Lipinski definition) is 8.